The van der Waals surface area contributed by atoms with Gasteiger partial charge in [0.05, 0.1) is 6.61 Å². The third-order valence-electron chi connectivity index (χ3n) is 1.64. The predicted octanol–water partition coefficient (Wildman–Crippen LogP) is 1.10. The first-order valence-electron chi connectivity index (χ1n) is 3.52. The third-order valence-corrected chi connectivity index (χ3v) is 2.82. The highest BCUT2D eigenvalue weighted by molar-refractivity contribution is 9.09. The van der Waals surface area contributed by atoms with Gasteiger partial charge in [-0.2, -0.15) is 0 Å². The van der Waals surface area contributed by atoms with Gasteiger partial charge in [-0.15, -0.1) is 0 Å². The van der Waals surface area contributed by atoms with E-state index in [1.807, 2.05) is 6.92 Å². The number of carbonyl (C=O) groups excluding carboxylic acids is 1. The second-order valence-electron chi connectivity index (χ2n) is 2.86. The van der Waals surface area contributed by atoms with Crippen molar-refractivity contribution in [2.24, 2.45) is 0 Å². The normalized spacial score (nSPS) is 32.7. The topological polar surface area (TPSA) is 35.5 Å². The van der Waals surface area contributed by atoms with Gasteiger partial charge in [0.2, 0.25) is 0 Å². The van der Waals surface area contributed by atoms with Gasteiger partial charge < -0.3 is 9.47 Å². The van der Waals surface area contributed by atoms with Gasteiger partial charge in [0.15, 0.2) is 0 Å². The smallest absolute Gasteiger partial charge is 0.332 e. The SMILES string of the molecule is C[C@]1(CBr)CCOCC(=O)O1. The molecule has 0 aromatic rings. The maximum absolute atomic E-state index is 10.9. The zero-order valence-electron chi connectivity index (χ0n) is 6.43. The second-order valence-corrected chi connectivity index (χ2v) is 3.42. The molecule has 0 aromatic heterocycles. The molecule has 0 bridgehead atoms. The highest BCUT2D eigenvalue weighted by Gasteiger charge is 2.29. The molecule has 0 N–H and O–H groups in total. The molecule has 3 nitrogen and oxygen atoms in total. The van der Waals surface area contributed by atoms with Crippen molar-refractivity contribution in [3.8, 4) is 0 Å². The molecule has 1 aliphatic heterocycles. The molecular formula is C7H11BrO3. The van der Waals surface area contributed by atoms with Gasteiger partial charge in [-0.1, -0.05) is 15.9 Å². The van der Waals surface area contributed by atoms with Crippen LogP contribution in [0.15, 0.2) is 0 Å². The minimum atomic E-state index is -0.381. The molecule has 11 heavy (non-hydrogen) atoms. The molecule has 1 fully saturated rings. The summed E-state index contributed by atoms with van der Waals surface area (Å²) >= 11 is 3.30. The van der Waals surface area contributed by atoms with E-state index in [1.54, 1.807) is 0 Å². The second kappa shape index (κ2) is 3.54. The molecule has 0 unspecified atom stereocenters. The molecule has 1 rings (SSSR count). The van der Waals surface area contributed by atoms with Gasteiger partial charge in [0.1, 0.15) is 12.2 Å². The van der Waals surface area contributed by atoms with Crippen LogP contribution in [0.4, 0.5) is 0 Å². The Morgan fingerprint density at radius 3 is 3.09 bits per heavy atom. The van der Waals surface area contributed by atoms with E-state index in [9.17, 15) is 4.79 Å². The number of alkyl halides is 1. The maximum atomic E-state index is 10.9. The predicted molar refractivity (Wildman–Crippen MR) is 43.7 cm³/mol. The van der Waals surface area contributed by atoms with E-state index >= 15 is 0 Å². The molecule has 0 radical (unpaired) electrons. The lowest BCUT2D eigenvalue weighted by atomic mass is 10.1. The lowest BCUT2D eigenvalue weighted by Gasteiger charge is -2.24. The summed E-state index contributed by atoms with van der Waals surface area (Å²) in [6.45, 7) is 2.57. The number of ether oxygens (including phenoxy) is 2. The lowest BCUT2D eigenvalue weighted by Crippen LogP contribution is -2.32. The van der Waals surface area contributed by atoms with E-state index in [0.717, 1.165) is 6.42 Å². The summed E-state index contributed by atoms with van der Waals surface area (Å²) in [6.07, 6.45) is 0.754. The molecular weight excluding hydrogens is 212 g/mol. The van der Waals surface area contributed by atoms with Crippen LogP contribution >= 0.6 is 15.9 Å². The molecule has 1 atom stereocenters. The standard InChI is InChI=1S/C7H11BrO3/c1-7(5-8)2-3-10-4-6(9)11-7/h2-5H2,1H3/t7-/m1/s1. The largest absolute Gasteiger partial charge is 0.457 e. The quantitative estimate of drug-likeness (QED) is 0.493. The average Bonchev–Trinajstić information content (AvgIpc) is 2.13. The summed E-state index contributed by atoms with van der Waals surface area (Å²) in [6, 6.07) is 0. The Hall–Kier alpha value is -0.0900. The summed E-state index contributed by atoms with van der Waals surface area (Å²) in [4.78, 5) is 10.9. The highest BCUT2D eigenvalue weighted by Crippen LogP contribution is 2.20. The average molecular weight is 223 g/mol. The summed E-state index contributed by atoms with van der Waals surface area (Å²) < 4.78 is 10.1. The lowest BCUT2D eigenvalue weighted by molar-refractivity contribution is -0.155. The summed E-state index contributed by atoms with van der Waals surface area (Å²) in [7, 11) is 0. The Labute approximate surface area is 74.2 Å². The van der Waals surface area contributed by atoms with E-state index in [1.165, 1.54) is 0 Å². The van der Waals surface area contributed by atoms with Crippen LogP contribution < -0.4 is 0 Å². The van der Waals surface area contributed by atoms with Crippen molar-refractivity contribution in [1.82, 2.24) is 0 Å². The Bertz CT molecular complexity index is 160. The van der Waals surface area contributed by atoms with Crippen LogP contribution in [0.2, 0.25) is 0 Å². The number of hydrogen-bond donors (Lipinski definition) is 0. The zero-order valence-corrected chi connectivity index (χ0v) is 8.02. The van der Waals surface area contributed by atoms with E-state index in [-0.39, 0.29) is 18.2 Å². The van der Waals surface area contributed by atoms with E-state index in [0.29, 0.717) is 11.9 Å². The fourth-order valence-corrected chi connectivity index (χ4v) is 1.29. The summed E-state index contributed by atoms with van der Waals surface area (Å²) in [5, 5.41) is 0.662. The molecule has 0 aromatic carbocycles. The number of halogens is 1. The van der Waals surface area contributed by atoms with Crippen LogP contribution in [-0.2, 0) is 14.3 Å². The van der Waals surface area contributed by atoms with Crippen molar-refractivity contribution < 1.29 is 14.3 Å². The molecule has 1 aliphatic rings. The van der Waals surface area contributed by atoms with Gasteiger partial charge in [0, 0.05) is 11.8 Å². The van der Waals surface area contributed by atoms with E-state index in [4.69, 9.17) is 9.47 Å². The maximum Gasteiger partial charge on any atom is 0.332 e. The Morgan fingerprint density at radius 2 is 2.45 bits per heavy atom. The molecule has 0 aliphatic carbocycles. The molecule has 0 spiro atoms. The molecule has 0 saturated carbocycles. The van der Waals surface area contributed by atoms with Crippen molar-refractivity contribution in [3.05, 3.63) is 0 Å². The van der Waals surface area contributed by atoms with Gasteiger partial charge in [0.25, 0.3) is 0 Å². The number of cyclic esters (lactones) is 1. The number of hydrogen-bond acceptors (Lipinski definition) is 3. The number of rotatable bonds is 1. The highest BCUT2D eigenvalue weighted by atomic mass is 79.9. The van der Waals surface area contributed by atoms with E-state index in [2.05, 4.69) is 15.9 Å². The van der Waals surface area contributed by atoms with Crippen molar-refractivity contribution in [1.29, 1.82) is 0 Å². The molecule has 64 valence electrons. The molecule has 4 heteroatoms. The minimum absolute atomic E-state index is 0.0859. The first kappa shape index (κ1) is 9.00. The number of carbonyl (C=O) groups is 1. The van der Waals surface area contributed by atoms with Gasteiger partial charge in [-0.3, -0.25) is 0 Å². The van der Waals surface area contributed by atoms with Crippen LogP contribution in [0.25, 0.3) is 0 Å². The summed E-state index contributed by atoms with van der Waals surface area (Å²) in [5.41, 5.74) is -0.381. The fourth-order valence-electron chi connectivity index (χ4n) is 0.893. The van der Waals surface area contributed by atoms with Gasteiger partial charge in [-0.05, 0) is 6.92 Å². The zero-order chi connectivity index (χ0) is 8.32. The Balaban J connectivity index is 2.58. The fraction of sp³-hybridized carbons (Fsp3) is 0.857. The van der Waals surface area contributed by atoms with Crippen molar-refractivity contribution >= 4 is 21.9 Å². The Kier molecular flexibility index (Phi) is 2.90. The van der Waals surface area contributed by atoms with E-state index < -0.39 is 0 Å². The number of esters is 1. The first-order valence-corrected chi connectivity index (χ1v) is 4.64. The van der Waals surface area contributed by atoms with Crippen molar-refractivity contribution in [2.45, 2.75) is 18.9 Å². The van der Waals surface area contributed by atoms with Gasteiger partial charge in [-0.25, -0.2) is 4.79 Å². The van der Waals surface area contributed by atoms with Crippen LogP contribution in [0, 0.1) is 0 Å². The van der Waals surface area contributed by atoms with Crippen LogP contribution in [0.3, 0.4) is 0 Å². The van der Waals surface area contributed by atoms with Crippen LogP contribution in [0.1, 0.15) is 13.3 Å². The molecule has 1 heterocycles. The third kappa shape index (κ3) is 2.45. The molecule has 1 saturated heterocycles. The monoisotopic (exact) mass is 222 g/mol. The minimum Gasteiger partial charge on any atom is -0.457 e. The van der Waals surface area contributed by atoms with Crippen molar-refractivity contribution in [2.75, 3.05) is 18.5 Å². The van der Waals surface area contributed by atoms with Crippen molar-refractivity contribution in [3.63, 3.8) is 0 Å². The Morgan fingerprint density at radius 1 is 1.73 bits per heavy atom. The van der Waals surface area contributed by atoms with Gasteiger partial charge >= 0.3 is 5.97 Å². The first-order chi connectivity index (χ1) is 5.16. The summed E-state index contributed by atoms with van der Waals surface area (Å²) in [5.74, 6) is -0.274. The van der Waals surface area contributed by atoms with Crippen LogP contribution in [0.5, 0.6) is 0 Å². The van der Waals surface area contributed by atoms with Crippen LogP contribution in [-0.4, -0.2) is 30.1 Å². The molecule has 0 amide bonds.